The molecule has 0 spiro atoms. The van der Waals surface area contributed by atoms with Gasteiger partial charge in [0.05, 0.1) is 6.04 Å². The lowest BCUT2D eigenvalue weighted by Crippen LogP contribution is -2.34. The van der Waals surface area contributed by atoms with E-state index < -0.39 is 17.7 Å². The Kier molecular flexibility index (Phi) is 1.91. The second kappa shape index (κ2) is 2.97. The first-order valence-electron chi connectivity index (χ1n) is 4.43. The second-order valence-electron chi connectivity index (χ2n) is 3.49. The third-order valence-electron chi connectivity index (χ3n) is 2.46. The molecule has 2 amide bonds. The Bertz CT molecular complexity index is 354. The molecule has 3 N–H and O–H groups in total. The van der Waals surface area contributed by atoms with Crippen molar-refractivity contribution in [1.82, 2.24) is 5.32 Å². The number of carbonyl (C=O) groups is 1. The zero-order valence-electron chi connectivity index (χ0n) is 7.53. The lowest BCUT2D eigenvalue weighted by molar-refractivity contribution is 0.241. The van der Waals surface area contributed by atoms with Crippen LogP contribution in [0.3, 0.4) is 0 Å². The lowest BCUT2D eigenvalue weighted by Gasteiger charge is -2.07. The van der Waals surface area contributed by atoms with Gasteiger partial charge in [-0.2, -0.15) is 0 Å². The van der Waals surface area contributed by atoms with E-state index in [0.29, 0.717) is 12.0 Å². The van der Waals surface area contributed by atoms with Crippen molar-refractivity contribution < 1.29 is 9.18 Å². The highest BCUT2D eigenvalue weighted by atomic mass is 19.1. The number of hydrogen-bond donors (Lipinski definition) is 2. The van der Waals surface area contributed by atoms with Crippen molar-refractivity contribution in [2.75, 3.05) is 0 Å². The van der Waals surface area contributed by atoms with Gasteiger partial charge in [-0.25, -0.2) is 9.18 Å². The molecule has 0 saturated heterocycles. The fraction of sp³-hybridized carbons (Fsp3) is 0.300. The third kappa shape index (κ3) is 1.43. The van der Waals surface area contributed by atoms with Crippen molar-refractivity contribution in [2.45, 2.75) is 18.1 Å². The smallest absolute Gasteiger partial charge is 0.312 e. The minimum atomic E-state index is -1.42. The van der Waals surface area contributed by atoms with E-state index >= 15 is 0 Å². The van der Waals surface area contributed by atoms with Gasteiger partial charge in [-0.3, -0.25) is 0 Å². The van der Waals surface area contributed by atoms with Crippen LogP contribution in [0.15, 0.2) is 30.3 Å². The number of benzene rings is 1. The summed E-state index contributed by atoms with van der Waals surface area (Å²) in [7, 11) is 0. The Labute approximate surface area is 81.1 Å². The Hall–Kier alpha value is -1.58. The van der Waals surface area contributed by atoms with Crippen LogP contribution in [0.25, 0.3) is 0 Å². The number of nitrogens with two attached hydrogens (primary N) is 1. The van der Waals surface area contributed by atoms with Crippen LogP contribution in [0, 0.1) is 0 Å². The molecule has 3 nitrogen and oxygen atoms in total. The highest BCUT2D eigenvalue weighted by Crippen LogP contribution is 2.49. The number of urea groups is 1. The van der Waals surface area contributed by atoms with Crippen LogP contribution in [-0.4, -0.2) is 12.1 Å². The molecule has 1 fully saturated rings. The van der Waals surface area contributed by atoms with E-state index in [2.05, 4.69) is 5.32 Å². The van der Waals surface area contributed by atoms with Gasteiger partial charge < -0.3 is 11.1 Å². The van der Waals surface area contributed by atoms with E-state index in [1.165, 1.54) is 0 Å². The third-order valence-corrected chi connectivity index (χ3v) is 2.46. The van der Waals surface area contributed by atoms with Crippen molar-refractivity contribution >= 4 is 6.03 Å². The number of hydrogen-bond acceptors (Lipinski definition) is 1. The van der Waals surface area contributed by atoms with Crippen LogP contribution in [0.4, 0.5) is 9.18 Å². The molecule has 1 aliphatic carbocycles. The molecule has 0 bridgehead atoms. The molecule has 14 heavy (non-hydrogen) atoms. The fourth-order valence-electron chi connectivity index (χ4n) is 1.61. The highest BCUT2D eigenvalue weighted by Gasteiger charge is 2.57. The number of primary amides is 1. The van der Waals surface area contributed by atoms with E-state index in [1.54, 1.807) is 24.3 Å². The number of halogens is 1. The molecule has 0 radical (unpaired) electrons. The van der Waals surface area contributed by atoms with Crippen LogP contribution in [0.5, 0.6) is 0 Å². The van der Waals surface area contributed by atoms with Crippen molar-refractivity contribution in [3.8, 4) is 0 Å². The molecule has 0 aromatic heterocycles. The highest BCUT2D eigenvalue weighted by molar-refractivity contribution is 5.73. The Morgan fingerprint density at radius 1 is 1.50 bits per heavy atom. The minimum absolute atomic E-state index is 0.306. The summed E-state index contributed by atoms with van der Waals surface area (Å²) in [5, 5.41) is 2.37. The second-order valence-corrected chi connectivity index (χ2v) is 3.49. The summed E-state index contributed by atoms with van der Waals surface area (Å²) in [5.41, 5.74) is 4.09. The van der Waals surface area contributed by atoms with Gasteiger partial charge in [0, 0.05) is 6.42 Å². The predicted molar refractivity (Wildman–Crippen MR) is 50.4 cm³/mol. The van der Waals surface area contributed by atoms with E-state index in [1.807, 2.05) is 6.07 Å². The van der Waals surface area contributed by atoms with Crippen molar-refractivity contribution in [1.29, 1.82) is 0 Å². The number of carbonyl (C=O) groups excluding carboxylic acids is 1. The molecule has 0 heterocycles. The van der Waals surface area contributed by atoms with Gasteiger partial charge in [0.15, 0.2) is 5.67 Å². The van der Waals surface area contributed by atoms with Crippen LogP contribution in [0.1, 0.15) is 12.0 Å². The van der Waals surface area contributed by atoms with Crippen LogP contribution < -0.4 is 11.1 Å². The maximum absolute atomic E-state index is 14.0. The van der Waals surface area contributed by atoms with Crippen molar-refractivity contribution in [2.24, 2.45) is 5.73 Å². The SMILES string of the molecule is NC(=O)NC1CC1(F)c1ccccc1. The summed E-state index contributed by atoms with van der Waals surface area (Å²) in [5.74, 6) is 0. The van der Waals surface area contributed by atoms with Gasteiger partial charge in [0.1, 0.15) is 0 Å². The van der Waals surface area contributed by atoms with Crippen LogP contribution in [-0.2, 0) is 5.67 Å². The number of alkyl halides is 1. The van der Waals surface area contributed by atoms with E-state index in [-0.39, 0.29) is 0 Å². The quantitative estimate of drug-likeness (QED) is 0.732. The normalized spacial score (nSPS) is 29.6. The molecule has 74 valence electrons. The minimum Gasteiger partial charge on any atom is -0.352 e. The van der Waals surface area contributed by atoms with Crippen molar-refractivity contribution in [3.63, 3.8) is 0 Å². The average molecular weight is 194 g/mol. The summed E-state index contributed by atoms with van der Waals surface area (Å²) < 4.78 is 14.0. The summed E-state index contributed by atoms with van der Waals surface area (Å²) in [6.07, 6.45) is 0.306. The average Bonchev–Trinajstić information content (AvgIpc) is 2.79. The van der Waals surface area contributed by atoms with E-state index in [9.17, 15) is 9.18 Å². The van der Waals surface area contributed by atoms with E-state index in [4.69, 9.17) is 5.73 Å². The van der Waals surface area contributed by atoms with Gasteiger partial charge in [0.25, 0.3) is 0 Å². The standard InChI is InChI=1S/C10H11FN2O/c11-10(6-8(10)13-9(12)14)7-4-2-1-3-5-7/h1-5,8H,6H2,(H3,12,13,14). The van der Waals surface area contributed by atoms with Gasteiger partial charge in [-0.05, 0) is 5.56 Å². The Morgan fingerprint density at radius 2 is 2.14 bits per heavy atom. The molecule has 1 aliphatic rings. The molecule has 1 aromatic rings. The van der Waals surface area contributed by atoms with Crippen LogP contribution >= 0.6 is 0 Å². The first-order valence-corrected chi connectivity index (χ1v) is 4.43. The molecule has 1 aromatic carbocycles. The monoisotopic (exact) mass is 194 g/mol. The fourth-order valence-corrected chi connectivity index (χ4v) is 1.61. The molecular formula is C10H11FN2O. The number of amides is 2. The molecule has 2 unspecified atom stereocenters. The zero-order chi connectivity index (χ0) is 10.2. The first kappa shape index (κ1) is 8.99. The predicted octanol–water partition coefficient (Wildman–Crippen LogP) is 1.29. The maximum atomic E-state index is 14.0. The van der Waals surface area contributed by atoms with Crippen molar-refractivity contribution in [3.05, 3.63) is 35.9 Å². The first-order chi connectivity index (χ1) is 6.63. The number of nitrogens with one attached hydrogen (secondary N) is 1. The van der Waals surface area contributed by atoms with Gasteiger partial charge in [0.2, 0.25) is 0 Å². The molecular weight excluding hydrogens is 183 g/mol. The molecule has 2 atom stereocenters. The molecule has 1 saturated carbocycles. The van der Waals surface area contributed by atoms with Gasteiger partial charge in [-0.1, -0.05) is 30.3 Å². The van der Waals surface area contributed by atoms with Gasteiger partial charge in [-0.15, -0.1) is 0 Å². The summed E-state index contributed by atoms with van der Waals surface area (Å²) in [6.45, 7) is 0. The molecule has 2 rings (SSSR count). The molecule has 4 heteroatoms. The Balaban J connectivity index is 2.11. The molecule has 0 aliphatic heterocycles. The van der Waals surface area contributed by atoms with Gasteiger partial charge >= 0.3 is 6.03 Å². The zero-order valence-corrected chi connectivity index (χ0v) is 7.53. The number of rotatable bonds is 2. The summed E-state index contributed by atoms with van der Waals surface area (Å²) in [6, 6.07) is 7.65. The maximum Gasteiger partial charge on any atom is 0.312 e. The van der Waals surface area contributed by atoms with E-state index in [0.717, 1.165) is 0 Å². The van der Waals surface area contributed by atoms with Crippen LogP contribution in [0.2, 0.25) is 0 Å². The topological polar surface area (TPSA) is 55.1 Å². The summed E-state index contributed by atoms with van der Waals surface area (Å²) in [4.78, 5) is 10.5. The lowest BCUT2D eigenvalue weighted by atomic mass is 10.1. The summed E-state index contributed by atoms with van der Waals surface area (Å²) >= 11 is 0. The largest absolute Gasteiger partial charge is 0.352 e. The Morgan fingerprint density at radius 3 is 2.71 bits per heavy atom.